The van der Waals surface area contributed by atoms with E-state index in [1.165, 1.54) is 0 Å². The number of nitrogens with zero attached hydrogens (tertiary/aromatic N) is 1. The SMILES string of the molecule is CC(C)=CC(=O)N1CC(C)C1. The van der Waals surface area contributed by atoms with Gasteiger partial charge in [0.1, 0.15) is 0 Å². The Balaban J connectivity index is 2.39. The highest BCUT2D eigenvalue weighted by Crippen LogP contribution is 2.14. The molecule has 62 valence electrons. The second kappa shape index (κ2) is 3.07. The molecule has 1 rings (SSSR count). The number of amides is 1. The van der Waals surface area contributed by atoms with Crippen LogP contribution in [0.1, 0.15) is 20.8 Å². The Morgan fingerprint density at radius 3 is 2.36 bits per heavy atom. The molecule has 0 N–H and O–H groups in total. The standard InChI is InChI=1S/C9H15NO/c1-7(2)4-9(11)10-5-8(3)6-10/h4,8H,5-6H2,1-3H3. The van der Waals surface area contributed by atoms with Gasteiger partial charge in [-0.25, -0.2) is 0 Å². The van der Waals surface area contributed by atoms with Crippen molar-refractivity contribution in [3.63, 3.8) is 0 Å². The molecule has 11 heavy (non-hydrogen) atoms. The Morgan fingerprint density at radius 2 is 2.00 bits per heavy atom. The molecular formula is C9H15NO. The molecule has 1 saturated heterocycles. The number of hydrogen-bond acceptors (Lipinski definition) is 1. The smallest absolute Gasteiger partial charge is 0.246 e. The first-order valence-corrected chi connectivity index (χ1v) is 4.03. The van der Waals surface area contributed by atoms with Gasteiger partial charge in [0.15, 0.2) is 0 Å². The Bertz CT molecular complexity index is 186. The predicted molar refractivity (Wildman–Crippen MR) is 45.2 cm³/mol. The number of rotatable bonds is 1. The Labute approximate surface area is 67.9 Å². The summed E-state index contributed by atoms with van der Waals surface area (Å²) >= 11 is 0. The van der Waals surface area contributed by atoms with Crippen molar-refractivity contribution < 1.29 is 4.79 Å². The molecule has 0 atom stereocenters. The van der Waals surface area contributed by atoms with Crippen molar-refractivity contribution in [3.05, 3.63) is 11.6 Å². The maximum atomic E-state index is 11.2. The molecule has 1 fully saturated rings. The summed E-state index contributed by atoms with van der Waals surface area (Å²) in [5.41, 5.74) is 1.08. The first-order valence-electron chi connectivity index (χ1n) is 4.03. The Hall–Kier alpha value is -0.790. The topological polar surface area (TPSA) is 20.3 Å². The van der Waals surface area contributed by atoms with Crippen LogP contribution in [0.5, 0.6) is 0 Å². The quantitative estimate of drug-likeness (QED) is 0.522. The van der Waals surface area contributed by atoms with Crippen LogP contribution in [-0.4, -0.2) is 23.9 Å². The van der Waals surface area contributed by atoms with E-state index in [1.807, 2.05) is 18.7 Å². The summed E-state index contributed by atoms with van der Waals surface area (Å²) in [6.07, 6.45) is 1.70. The van der Waals surface area contributed by atoms with E-state index in [4.69, 9.17) is 0 Å². The third-order valence-electron chi connectivity index (χ3n) is 1.79. The van der Waals surface area contributed by atoms with Crippen LogP contribution in [0.3, 0.4) is 0 Å². The van der Waals surface area contributed by atoms with Crippen molar-refractivity contribution in [2.75, 3.05) is 13.1 Å². The summed E-state index contributed by atoms with van der Waals surface area (Å²) in [4.78, 5) is 13.1. The summed E-state index contributed by atoms with van der Waals surface area (Å²) in [5, 5.41) is 0. The van der Waals surface area contributed by atoms with Crippen LogP contribution < -0.4 is 0 Å². The molecule has 2 nitrogen and oxygen atoms in total. The first-order chi connectivity index (χ1) is 5.09. The van der Waals surface area contributed by atoms with Crippen LogP contribution in [0, 0.1) is 5.92 Å². The fourth-order valence-electron chi connectivity index (χ4n) is 1.22. The van der Waals surface area contributed by atoms with E-state index < -0.39 is 0 Å². The molecule has 2 heteroatoms. The number of hydrogen-bond donors (Lipinski definition) is 0. The molecule has 0 aromatic rings. The van der Waals surface area contributed by atoms with Gasteiger partial charge in [0, 0.05) is 19.2 Å². The summed E-state index contributed by atoms with van der Waals surface area (Å²) in [6, 6.07) is 0. The molecular weight excluding hydrogens is 138 g/mol. The van der Waals surface area contributed by atoms with Crippen molar-refractivity contribution in [1.82, 2.24) is 4.90 Å². The molecule has 0 radical (unpaired) electrons. The molecule has 1 amide bonds. The zero-order valence-electron chi connectivity index (χ0n) is 7.42. The van der Waals surface area contributed by atoms with Gasteiger partial charge in [0.2, 0.25) is 5.91 Å². The van der Waals surface area contributed by atoms with E-state index >= 15 is 0 Å². The van der Waals surface area contributed by atoms with E-state index in [1.54, 1.807) is 6.08 Å². The first kappa shape index (κ1) is 8.31. The monoisotopic (exact) mass is 153 g/mol. The molecule has 1 aliphatic rings. The van der Waals surface area contributed by atoms with E-state index in [0.29, 0.717) is 5.92 Å². The van der Waals surface area contributed by atoms with Crippen molar-refractivity contribution in [3.8, 4) is 0 Å². The maximum Gasteiger partial charge on any atom is 0.246 e. The summed E-state index contributed by atoms with van der Waals surface area (Å²) in [5.74, 6) is 0.868. The Kier molecular flexibility index (Phi) is 2.32. The summed E-state index contributed by atoms with van der Waals surface area (Å²) < 4.78 is 0. The molecule has 0 unspecified atom stereocenters. The largest absolute Gasteiger partial charge is 0.338 e. The molecule has 0 aliphatic carbocycles. The molecule has 1 aliphatic heterocycles. The Morgan fingerprint density at radius 1 is 1.45 bits per heavy atom. The zero-order chi connectivity index (χ0) is 8.43. The van der Waals surface area contributed by atoms with Crippen LogP contribution in [0.2, 0.25) is 0 Å². The minimum atomic E-state index is 0.170. The van der Waals surface area contributed by atoms with E-state index in [9.17, 15) is 4.79 Å². The van der Waals surface area contributed by atoms with Crippen LogP contribution in [-0.2, 0) is 4.79 Å². The van der Waals surface area contributed by atoms with E-state index in [0.717, 1.165) is 18.7 Å². The molecule has 0 aromatic heterocycles. The van der Waals surface area contributed by atoms with Crippen molar-refractivity contribution in [1.29, 1.82) is 0 Å². The molecule has 0 spiro atoms. The maximum absolute atomic E-state index is 11.2. The fraction of sp³-hybridized carbons (Fsp3) is 0.667. The third kappa shape index (κ3) is 2.07. The highest BCUT2D eigenvalue weighted by Gasteiger charge is 2.25. The van der Waals surface area contributed by atoms with Gasteiger partial charge in [-0.2, -0.15) is 0 Å². The summed E-state index contributed by atoms with van der Waals surface area (Å²) in [7, 11) is 0. The molecule has 1 heterocycles. The molecule has 0 saturated carbocycles. The lowest BCUT2D eigenvalue weighted by Gasteiger charge is -2.36. The second-order valence-corrected chi connectivity index (χ2v) is 3.57. The van der Waals surface area contributed by atoms with Crippen LogP contribution in [0.25, 0.3) is 0 Å². The minimum Gasteiger partial charge on any atom is -0.338 e. The van der Waals surface area contributed by atoms with Gasteiger partial charge in [-0.05, 0) is 19.8 Å². The second-order valence-electron chi connectivity index (χ2n) is 3.57. The van der Waals surface area contributed by atoms with Gasteiger partial charge < -0.3 is 4.90 Å². The van der Waals surface area contributed by atoms with Gasteiger partial charge in [0.05, 0.1) is 0 Å². The van der Waals surface area contributed by atoms with E-state index in [-0.39, 0.29) is 5.91 Å². The van der Waals surface area contributed by atoms with E-state index in [2.05, 4.69) is 6.92 Å². The zero-order valence-corrected chi connectivity index (χ0v) is 7.42. The van der Waals surface area contributed by atoms with Crippen LogP contribution in [0.15, 0.2) is 11.6 Å². The lowest BCUT2D eigenvalue weighted by Crippen LogP contribution is -2.48. The molecule has 0 aromatic carbocycles. The highest BCUT2D eigenvalue weighted by molar-refractivity contribution is 5.88. The average molecular weight is 153 g/mol. The van der Waals surface area contributed by atoms with Gasteiger partial charge in [-0.15, -0.1) is 0 Å². The van der Waals surface area contributed by atoms with Gasteiger partial charge in [0.25, 0.3) is 0 Å². The molecule has 0 bridgehead atoms. The number of allylic oxidation sites excluding steroid dienone is 1. The normalized spacial score (nSPS) is 17.5. The number of likely N-dealkylation sites (tertiary alicyclic amines) is 1. The lowest BCUT2D eigenvalue weighted by molar-refractivity contribution is -0.131. The van der Waals surface area contributed by atoms with Gasteiger partial charge in [-0.1, -0.05) is 12.5 Å². The lowest BCUT2D eigenvalue weighted by atomic mass is 10.0. The number of carbonyl (C=O) groups excluding carboxylic acids is 1. The minimum absolute atomic E-state index is 0.170. The fourth-order valence-corrected chi connectivity index (χ4v) is 1.22. The van der Waals surface area contributed by atoms with Crippen molar-refractivity contribution >= 4 is 5.91 Å². The van der Waals surface area contributed by atoms with Crippen LogP contribution >= 0.6 is 0 Å². The van der Waals surface area contributed by atoms with Crippen molar-refractivity contribution in [2.45, 2.75) is 20.8 Å². The number of carbonyl (C=O) groups is 1. The predicted octanol–water partition coefficient (Wildman–Crippen LogP) is 1.43. The van der Waals surface area contributed by atoms with Gasteiger partial charge in [-0.3, -0.25) is 4.79 Å². The highest BCUT2D eigenvalue weighted by atomic mass is 16.2. The average Bonchev–Trinajstić information content (AvgIpc) is 1.79. The van der Waals surface area contributed by atoms with Crippen LogP contribution in [0.4, 0.5) is 0 Å². The van der Waals surface area contributed by atoms with Gasteiger partial charge >= 0.3 is 0 Å². The third-order valence-corrected chi connectivity index (χ3v) is 1.79. The van der Waals surface area contributed by atoms with Crippen molar-refractivity contribution in [2.24, 2.45) is 5.92 Å². The summed E-state index contributed by atoms with van der Waals surface area (Å²) in [6.45, 7) is 7.92.